The molecular formula is C17H14Cl3N5O3. The van der Waals surface area contributed by atoms with E-state index < -0.39 is 17.9 Å². The van der Waals surface area contributed by atoms with E-state index in [1.807, 2.05) is 0 Å². The molecule has 0 aliphatic rings. The Morgan fingerprint density at radius 3 is 2.46 bits per heavy atom. The topological polar surface area (TPSA) is 102 Å². The van der Waals surface area contributed by atoms with Gasteiger partial charge in [0, 0.05) is 28.0 Å². The average Bonchev–Trinajstić information content (AvgIpc) is 3.25. The summed E-state index contributed by atoms with van der Waals surface area (Å²) < 4.78 is 2.67. The second-order valence-corrected chi connectivity index (χ2v) is 7.09. The minimum atomic E-state index is -1.06. The molecule has 28 heavy (non-hydrogen) atoms. The van der Waals surface area contributed by atoms with Gasteiger partial charge < -0.3 is 10.4 Å². The Labute approximate surface area is 174 Å². The van der Waals surface area contributed by atoms with Crippen molar-refractivity contribution in [2.75, 3.05) is 5.32 Å². The van der Waals surface area contributed by atoms with E-state index in [1.54, 1.807) is 18.2 Å². The summed E-state index contributed by atoms with van der Waals surface area (Å²) in [5.41, 5.74) is 0.706. The molecule has 1 aromatic carbocycles. The van der Waals surface area contributed by atoms with Crippen molar-refractivity contribution in [2.24, 2.45) is 0 Å². The lowest BCUT2D eigenvalue weighted by molar-refractivity contribution is -0.140. The second kappa shape index (κ2) is 8.22. The molecular weight excluding hydrogens is 429 g/mol. The van der Waals surface area contributed by atoms with E-state index in [0.29, 0.717) is 15.6 Å². The third-order valence-electron chi connectivity index (χ3n) is 3.93. The summed E-state index contributed by atoms with van der Waals surface area (Å²) in [6.07, 6.45) is 2.94. The number of aliphatic carboxylic acids is 1. The van der Waals surface area contributed by atoms with E-state index >= 15 is 0 Å². The molecule has 1 amide bonds. The third-order valence-corrected chi connectivity index (χ3v) is 4.91. The minimum absolute atomic E-state index is 0.0351. The number of carbonyl (C=O) groups is 2. The Kier molecular flexibility index (Phi) is 5.93. The molecule has 0 radical (unpaired) electrons. The molecule has 8 nitrogen and oxygen atoms in total. The lowest BCUT2D eigenvalue weighted by atomic mass is 10.2. The maximum atomic E-state index is 12.4. The van der Waals surface area contributed by atoms with Crippen LogP contribution in [0.25, 0.3) is 0 Å². The summed E-state index contributed by atoms with van der Waals surface area (Å²) in [5, 5.41) is 20.9. The Bertz CT molecular complexity index is 1030. The van der Waals surface area contributed by atoms with Crippen molar-refractivity contribution < 1.29 is 14.7 Å². The number of halogens is 3. The number of nitrogens with zero attached hydrogens (tertiary/aromatic N) is 4. The van der Waals surface area contributed by atoms with Crippen LogP contribution in [-0.4, -0.2) is 36.5 Å². The van der Waals surface area contributed by atoms with E-state index in [2.05, 4.69) is 15.5 Å². The van der Waals surface area contributed by atoms with Crippen LogP contribution in [0.4, 0.5) is 5.82 Å². The molecule has 0 aliphatic carbocycles. The van der Waals surface area contributed by atoms with Crippen LogP contribution in [0.2, 0.25) is 15.1 Å². The number of benzene rings is 1. The van der Waals surface area contributed by atoms with Gasteiger partial charge in [0.25, 0.3) is 5.91 Å². The molecule has 0 saturated carbocycles. The van der Waals surface area contributed by atoms with Gasteiger partial charge in [-0.1, -0.05) is 40.9 Å². The first-order chi connectivity index (χ1) is 13.3. The number of carboxylic acids is 1. The van der Waals surface area contributed by atoms with Gasteiger partial charge >= 0.3 is 5.97 Å². The number of nitrogens with one attached hydrogen (secondary N) is 1. The van der Waals surface area contributed by atoms with Crippen LogP contribution in [0.5, 0.6) is 0 Å². The number of anilines is 1. The van der Waals surface area contributed by atoms with Gasteiger partial charge in [-0.25, -0.2) is 4.79 Å². The molecule has 146 valence electrons. The van der Waals surface area contributed by atoms with Crippen molar-refractivity contribution in [3.63, 3.8) is 0 Å². The minimum Gasteiger partial charge on any atom is -0.480 e. The zero-order valence-electron chi connectivity index (χ0n) is 14.4. The predicted molar refractivity (Wildman–Crippen MR) is 105 cm³/mol. The van der Waals surface area contributed by atoms with Crippen molar-refractivity contribution >= 4 is 52.5 Å². The fraction of sp³-hybridized carbons (Fsp3) is 0.176. The summed E-state index contributed by atoms with van der Waals surface area (Å²) in [5.74, 6) is -1.50. The molecule has 2 aromatic heterocycles. The van der Waals surface area contributed by atoms with Crippen molar-refractivity contribution in [2.45, 2.75) is 19.5 Å². The van der Waals surface area contributed by atoms with Crippen molar-refractivity contribution in [3.8, 4) is 0 Å². The van der Waals surface area contributed by atoms with Crippen LogP contribution < -0.4 is 5.32 Å². The van der Waals surface area contributed by atoms with E-state index in [1.165, 1.54) is 34.7 Å². The highest BCUT2D eigenvalue weighted by Gasteiger charge is 2.19. The molecule has 0 spiro atoms. The molecule has 3 rings (SSSR count). The largest absolute Gasteiger partial charge is 0.480 e. The van der Waals surface area contributed by atoms with Gasteiger partial charge in [0.05, 0.1) is 6.54 Å². The molecule has 0 saturated heterocycles. The quantitative estimate of drug-likeness (QED) is 0.601. The van der Waals surface area contributed by atoms with Crippen molar-refractivity contribution in [1.82, 2.24) is 19.6 Å². The summed E-state index contributed by atoms with van der Waals surface area (Å²) in [6, 6.07) is 5.67. The van der Waals surface area contributed by atoms with Gasteiger partial charge in [0.1, 0.15) is 11.1 Å². The fourth-order valence-electron chi connectivity index (χ4n) is 2.37. The summed E-state index contributed by atoms with van der Waals surface area (Å²) in [4.78, 5) is 23.4. The number of amides is 1. The number of rotatable bonds is 6. The Hall–Kier alpha value is -2.55. The smallest absolute Gasteiger partial charge is 0.328 e. The highest BCUT2D eigenvalue weighted by Crippen LogP contribution is 2.27. The summed E-state index contributed by atoms with van der Waals surface area (Å²) in [6.45, 7) is 1.72. The molecule has 0 bridgehead atoms. The molecule has 2 N–H and O–H groups in total. The number of hydrogen-bond acceptors (Lipinski definition) is 4. The maximum Gasteiger partial charge on any atom is 0.328 e. The zero-order valence-corrected chi connectivity index (χ0v) is 16.7. The molecule has 3 aromatic rings. The monoisotopic (exact) mass is 441 g/mol. The first-order valence-electron chi connectivity index (χ1n) is 8.01. The third kappa shape index (κ3) is 4.30. The van der Waals surface area contributed by atoms with Crippen LogP contribution >= 0.6 is 34.8 Å². The van der Waals surface area contributed by atoms with Gasteiger partial charge in [0.15, 0.2) is 11.5 Å². The normalized spacial score (nSPS) is 12.0. The zero-order chi connectivity index (χ0) is 20.4. The van der Waals surface area contributed by atoms with Gasteiger partial charge in [-0.2, -0.15) is 10.2 Å². The number of aromatic nitrogens is 4. The SMILES string of the molecule is CC(C(=O)O)n1ccc(C(=O)Nc2nn(Cc3c(Cl)cccc3Cl)cc2Cl)n1. The number of carbonyl (C=O) groups excluding carboxylic acids is 1. The van der Waals surface area contributed by atoms with Crippen LogP contribution in [-0.2, 0) is 11.3 Å². The van der Waals surface area contributed by atoms with Crippen LogP contribution in [0, 0.1) is 0 Å². The standard InChI is InChI=1S/C17H14Cl3N5O3/c1-9(17(27)28)25-6-5-14(22-25)16(26)21-15-13(20)8-24(23-15)7-10-11(18)3-2-4-12(10)19/h2-6,8-9H,7H2,1H3,(H,27,28)(H,21,23,26). The summed E-state index contributed by atoms with van der Waals surface area (Å²) in [7, 11) is 0. The van der Waals surface area contributed by atoms with E-state index in [-0.39, 0.29) is 23.1 Å². The van der Waals surface area contributed by atoms with Crippen molar-refractivity contribution in [1.29, 1.82) is 0 Å². The second-order valence-electron chi connectivity index (χ2n) is 5.87. The molecule has 11 heteroatoms. The molecule has 1 atom stereocenters. The average molecular weight is 443 g/mol. The molecule has 0 aliphatic heterocycles. The Morgan fingerprint density at radius 2 is 1.82 bits per heavy atom. The Morgan fingerprint density at radius 1 is 1.14 bits per heavy atom. The lowest BCUT2D eigenvalue weighted by Crippen LogP contribution is -2.18. The van der Waals surface area contributed by atoms with Gasteiger partial charge in [-0.15, -0.1) is 0 Å². The first kappa shape index (κ1) is 20.2. The molecule has 0 fully saturated rings. The van der Waals surface area contributed by atoms with Crippen LogP contribution in [0.1, 0.15) is 29.0 Å². The van der Waals surface area contributed by atoms with Crippen LogP contribution in [0.15, 0.2) is 36.7 Å². The number of hydrogen-bond donors (Lipinski definition) is 2. The van der Waals surface area contributed by atoms with E-state index in [0.717, 1.165) is 0 Å². The summed E-state index contributed by atoms with van der Waals surface area (Å²) >= 11 is 18.5. The van der Waals surface area contributed by atoms with Gasteiger partial charge in [-0.3, -0.25) is 14.2 Å². The predicted octanol–water partition coefficient (Wildman–Crippen LogP) is 3.99. The van der Waals surface area contributed by atoms with Crippen molar-refractivity contribution in [3.05, 3.63) is 63.0 Å². The molecule has 1 unspecified atom stereocenters. The first-order valence-corrected chi connectivity index (χ1v) is 9.15. The van der Waals surface area contributed by atoms with E-state index in [9.17, 15) is 9.59 Å². The lowest BCUT2D eigenvalue weighted by Gasteiger charge is -2.07. The fourth-order valence-corrected chi connectivity index (χ4v) is 3.08. The van der Waals surface area contributed by atoms with Gasteiger partial charge in [0.2, 0.25) is 0 Å². The van der Waals surface area contributed by atoms with E-state index in [4.69, 9.17) is 39.9 Å². The maximum absolute atomic E-state index is 12.4. The number of carboxylic acid groups (broad SMARTS) is 1. The Balaban J connectivity index is 1.75. The highest BCUT2D eigenvalue weighted by molar-refractivity contribution is 6.36. The molecule has 2 heterocycles. The van der Waals surface area contributed by atoms with Gasteiger partial charge in [-0.05, 0) is 25.1 Å². The van der Waals surface area contributed by atoms with Crippen LogP contribution in [0.3, 0.4) is 0 Å². The highest BCUT2D eigenvalue weighted by atomic mass is 35.5.